The maximum atomic E-state index is 9.82. The quantitative estimate of drug-likeness (QED) is 0.752. The van der Waals surface area contributed by atoms with E-state index >= 15 is 0 Å². The van der Waals surface area contributed by atoms with Crippen LogP contribution in [-0.2, 0) is 4.74 Å². The second-order valence-electron chi connectivity index (χ2n) is 5.41. The van der Waals surface area contributed by atoms with Gasteiger partial charge in [0.1, 0.15) is 12.4 Å². The number of rotatable bonds is 9. The molecule has 4 heteroatoms. The molecule has 0 spiro atoms. The molecule has 1 unspecified atom stereocenters. The Morgan fingerprint density at radius 1 is 1.25 bits per heavy atom. The third-order valence-corrected chi connectivity index (χ3v) is 2.97. The Morgan fingerprint density at radius 2 is 1.95 bits per heavy atom. The first-order chi connectivity index (χ1) is 9.49. The second-order valence-corrected chi connectivity index (χ2v) is 5.41. The number of ether oxygens (including phenoxy) is 2. The molecule has 1 atom stereocenters. The maximum Gasteiger partial charge on any atom is 0.122 e. The molecule has 4 nitrogen and oxygen atoms in total. The van der Waals surface area contributed by atoms with Crippen molar-refractivity contribution in [1.82, 2.24) is 4.90 Å². The first kappa shape index (κ1) is 17.0. The lowest BCUT2D eigenvalue weighted by Crippen LogP contribution is -2.35. The number of aryl methyl sites for hydroxylation is 1. The number of nitrogens with zero attached hydrogens (tertiary/aromatic N) is 1. The van der Waals surface area contributed by atoms with E-state index in [1.54, 1.807) is 0 Å². The molecule has 0 bridgehead atoms. The molecule has 1 aromatic rings. The highest BCUT2D eigenvalue weighted by atomic mass is 16.5. The molecule has 0 saturated heterocycles. The van der Waals surface area contributed by atoms with Crippen molar-refractivity contribution in [3.05, 3.63) is 29.8 Å². The molecule has 1 rings (SSSR count). The van der Waals surface area contributed by atoms with Gasteiger partial charge in [-0.25, -0.2) is 0 Å². The van der Waals surface area contributed by atoms with Gasteiger partial charge in [0.2, 0.25) is 0 Å². The van der Waals surface area contributed by atoms with E-state index in [-0.39, 0.29) is 6.10 Å². The van der Waals surface area contributed by atoms with Crippen LogP contribution in [0.25, 0.3) is 0 Å². The molecule has 1 aromatic carbocycles. The highest BCUT2D eigenvalue weighted by Gasteiger charge is 2.09. The van der Waals surface area contributed by atoms with Crippen LogP contribution in [-0.4, -0.2) is 55.6 Å². The van der Waals surface area contributed by atoms with Crippen molar-refractivity contribution in [1.29, 1.82) is 0 Å². The highest BCUT2D eigenvalue weighted by Crippen LogP contribution is 2.15. The molecule has 0 aliphatic carbocycles. The van der Waals surface area contributed by atoms with Crippen molar-refractivity contribution < 1.29 is 14.6 Å². The van der Waals surface area contributed by atoms with Gasteiger partial charge in [0.25, 0.3) is 0 Å². The van der Waals surface area contributed by atoms with E-state index < -0.39 is 6.10 Å². The molecule has 0 saturated carbocycles. The predicted octanol–water partition coefficient (Wildman–Crippen LogP) is 2.09. The van der Waals surface area contributed by atoms with Crippen LogP contribution in [0.4, 0.5) is 0 Å². The van der Waals surface area contributed by atoms with Crippen LogP contribution in [0.3, 0.4) is 0 Å². The Bertz CT molecular complexity index is 382. The smallest absolute Gasteiger partial charge is 0.122 e. The maximum absolute atomic E-state index is 9.82. The van der Waals surface area contributed by atoms with Crippen molar-refractivity contribution in [2.45, 2.75) is 33.0 Å². The highest BCUT2D eigenvalue weighted by molar-refractivity contribution is 5.31. The number of para-hydroxylation sites is 1. The van der Waals surface area contributed by atoms with E-state index in [0.717, 1.165) is 17.9 Å². The number of hydrogen-bond acceptors (Lipinski definition) is 4. The summed E-state index contributed by atoms with van der Waals surface area (Å²) >= 11 is 0. The molecular weight excluding hydrogens is 254 g/mol. The number of aliphatic hydroxyl groups is 1. The lowest BCUT2D eigenvalue weighted by molar-refractivity contribution is -0.00650. The molecule has 0 aromatic heterocycles. The normalized spacial score (nSPS) is 12.9. The third-order valence-electron chi connectivity index (χ3n) is 2.97. The molecule has 0 amide bonds. The van der Waals surface area contributed by atoms with Crippen molar-refractivity contribution in [3.8, 4) is 5.75 Å². The van der Waals surface area contributed by atoms with E-state index in [9.17, 15) is 5.11 Å². The molecule has 0 radical (unpaired) electrons. The van der Waals surface area contributed by atoms with Crippen molar-refractivity contribution in [3.63, 3.8) is 0 Å². The number of benzene rings is 1. The topological polar surface area (TPSA) is 41.9 Å². The molecule has 1 N–H and O–H groups in total. The van der Waals surface area contributed by atoms with Crippen LogP contribution >= 0.6 is 0 Å². The minimum absolute atomic E-state index is 0.152. The van der Waals surface area contributed by atoms with Crippen LogP contribution in [0.15, 0.2) is 24.3 Å². The fraction of sp³-hybridized carbons (Fsp3) is 0.625. The largest absolute Gasteiger partial charge is 0.492 e. The standard InChI is InChI=1S/C16H27NO3/c1-13(2)20-12-15(18)11-17(4)9-10-19-16-8-6-5-7-14(16)3/h5-8,13,15,18H,9-12H2,1-4H3. The Morgan fingerprint density at radius 3 is 2.60 bits per heavy atom. The van der Waals surface area contributed by atoms with Crippen molar-refractivity contribution in [2.24, 2.45) is 0 Å². The van der Waals surface area contributed by atoms with Gasteiger partial charge in [-0.1, -0.05) is 18.2 Å². The van der Waals surface area contributed by atoms with Crippen molar-refractivity contribution in [2.75, 3.05) is 33.4 Å². The average molecular weight is 281 g/mol. The van der Waals surface area contributed by atoms with E-state index in [0.29, 0.717) is 19.8 Å². The lowest BCUT2D eigenvalue weighted by Gasteiger charge is -2.21. The Balaban J connectivity index is 2.20. The summed E-state index contributed by atoms with van der Waals surface area (Å²) in [5, 5.41) is 9.82. The minimum atomic E-state index is -0.458. The average Bonchev–Trinajstić information content (AvgIpc) is 2.38. The lowest BCUT2D eigenvalue weighted by atomic mass is 10.2. The summed E-state index contributed by atoms with van der Waals surface area (Å²) in [5.41, 5.74) is 1.14. The Hall–Kier alpha value is -1.10. The SMILES string of the molecule is Cc1ccccc1OCCN(C)CC(O)COC(C)C. The van der Waals surface area contributed by atoms with Gasteiger partial charge in [-0.3, -0.25) is 0 Å². The zero-order valence-corrected chi connectivity index (χ0v) is 13.0. The van der Waals surface area contributed by atoms with E-state index in [1.807, 2.05) is 57.0 Å². The Labute approximate surface area is 122 Å². The summed E-state index contributed by atoms with van der Waals surface area (Å²) in [5.74, 6) is 0.921. The van der Waals surface area contributed by atoms with E-state index in [4.69, 9.17) is 9.47 Å². The zero-order chi connectivity index (χ0) is 15.0. The van der Waals surface area contributed by atoms with Crippen LogP contribution in [0.1, 0.15) is 19.4 Å². The van der Waals surface area contributed by atoms with Crippen LogP contribution in [0.2, 0.25) is 0 Å². The van der Waals surface area contributed by atoms with Crippen LogP contribution in [0.5, 0.6) is 5.75 Å². The van der Waals surface area contributed by atoms with Crippen molar-refractivity contribution >= 4 is 0 Å². The number of aliphatic hydroxyl groups excluding tert-OH is 1. The zero-order valence-electron chi connectivity index (χ0n) is 13.0. The van der Waals surface area contributed by atoms with Gasteiger partial charge in [-0.2, -0.15) is 0 Å². The molecule has 0 aliphatic rings. The summed E-state index contributed by atoms with van der Waals surface area (Å²) in [6.07, 6.45) is -0.305. The summed E-state index contributed by atoms with van der Waals surface area (Å²) in [6.45, 7) is 8.31. The van der Waals surface area contributed by atoms with Gasteiger partial charge >= 0.3 is 0 Å². The fourth-order valence-corrected chi connectivity index (χ4v) is 1.84. The molecule has 0 aliphatic heterocycles. The predicted molar refractivity (Wildman–Crippen MR) is 81.3 cm³/mol. The van der Waals surface area contributed by atoms with Gasteiger partial charge in [0.15, 0.2) is 0 Å². The first-order valence-electron chi connectivity index (χ1n) is 7.15. The molecule has 0 heterocycles. The second kappa shape index (κ2) is 8.95. The van der Waals surface area contributed by atoms with Gasteiger partial charge in [0, 0.05) is 13.1 Å². The summed E-state index contributed by atoms with van der Waals surface area (Å²) in [4.78, 5) is 2.05. The molecule has 0 fully saturated rings. The summed E-state index contributed by atoms with van der Waals surface area (Å²) in [6, 6.07) is 7.98. The molecule has 114 valence electrons. The van der Waals surface area contributed by atoms with E-state index in [2.05, 4.69) is 0 Å². The summed E-state index contributed by atoms with van der Waals surface area (Å²) in [7, 11) is 1.97. The van der Waals surface area contributed by atoms with E-state index in [1.165, 1.54) is 0 Å². The van der Waals surface area contributed by atoms with Crippen LogP contribution in [0, 0.1) is 6.92 Å². The summed E-state index contributed by atoms with van der Waals surface area (Å²) < 4.78 is 11.1. The van der Waals surface area contributed by atoms with Gasteiger partial charge in [-0.05, 0) is 39.4 Å². The third kappa shape index (κ3) is 6.89. The van der Waals surface area contributed by atoms with Gasteiger partial charge in [-0.15, -0.1) is 0 Å². The number of hydrogen-bond donors (Lipinski definition) is 1. The molecule has 20 heavy (non-hydrogen) atoms. The van der Waals surface area contributed by atoms with Gasteiger partial charge in [0.05, 0.1) is 18.8 Å². The first-order valence-corrected chi connectivity index (χ1v) is 7.15. The molecular formula is C16H27NO3. The monoisotopic (exact) mass is 281 g/mol. The van der Waals surface area contributed by atoms with Gasteiger partial charge < -0.3 is 19.5 Å². The number of likely N-dealkylation sites (N-methyl/N-ethyl adjacent to an activating group) is 1. The fourth-order valence-electron chi connectivity index (χ4n) is 1.84. The Kier molecular flexibility index (Phi) is 7.59. The van der Waals surface area contributed by atoms with Crippen LogP contribution < -0.4 is 4.74 Å². The minimum Gasteiger partial charge on any atom is -0.492 e.